The largest absolute Gasteiger partial charge is 0.459 e. The predicted octanol–water partition coefficient (Wildman–Crippen LogP) is 8.61. The fraction of sp³-hybridized carbons (Fsp3) is 0.636. The molecule has 2 saturated heterocycles. The zero-order chi connectivity index (χ0) is 35.5. The smallest absolute Gasteiger partial charge is 0.318 e. The van der Waals surface area contributed by atoms with Crippen LogP contribution >= 0.6 is 0 Å². The molecular weight excluding hydrogens is 620 g/mol. The third-order valence-corrected chi connectivity index (χ3v) is 12.9. The van der Waals surface area contributed by atoms with Crippen LogP contribution in [0.3, 0.4) is 0 Å². The van der Waals surface area contributed by atoms with Crippen molar-refractivity contribution >= 4 is 11.9 Å². The number of nitrogens with one attached hydrogen (secondary N) is 2. The van der Waals surface area contributed by atoms with E-state index in [0.29, 0.717) is 11.8 Å². The molecule has 6 nitrogen and oxygen atoms in total. The molecule has 5 aliphatic rings. The summed E-state index contributed by atoms with van der Waals surface area (Å²) in [6.45, 7) is 16.9. The number of carbonyl (C=O) groups is 2. The molecule has 2 aliphatic heterocycles. The summed E-state index contributed by atoms with van der Waals surface area (Å²) in [4.78, 5) is 28.9. The van der Waals surface area contributed by atoms with Gasteiger partial charge in [0.05, 0.1) is 5.92 Å². The summed E-state index contributed by atoms with van der Waals surface area (Å²) in [5.41, 5.74) is 5.11. The van der Waals surface area contributed by atoms with Gasteiger partial charge in [-0.2, -0.15) is 0 Å². The van der Waals surface area contributed by atoms with E-state index >= 15 is 0 Å². The topological polar surface area (TPSA) is 76.7 Å². The first-order valence-corrected chi connectivity index (χ1v) is 19.7. The summed E-state index contributed by atoms with van der Waals surface area (Å²) in [5.74, 6) is 0.134. The van der Waals surface area contributed by atoms with Gasteiger partial charge in [-0.3, -0.25) is 9.59 Å². The van der Waals surface area contributed by atoms with Crippen LogP contribution in [0.5, 0.6) is 0 Å². The summed E-state index contributed by atoms with van der Waals surface area (Å²) < 4.78 is 13.1. The number of carbonyl (C=O) groups excluding carboxylic acids is 2. The summed E-state index contributed by atoms with van der Waals surface area (Å²) in [7, 11) is 0. The highest BCUT2D eigenvalue weighted by molar-refractivity contribution is 5.82. The van der Waals surface area contributed by atoms with Crippen molar-refractivity contribution in [3.8, 4) is 0 Å². The Kier molecular flexibility index (Phi) is 11.6. The van der Waals surface area contributed by atoms with Crippen molar-refractivity contribution in [2.75, 3.05) is 26.2 Å². The zero-order valence-electron chi connectivity index (χ0n) is 31.6. The molecule has 0 aromatic heterocycles. The minimum atomic E-state index is -0.536. The van der Waals surface area contributed by atoms with E-state index in [9.17, 15) is 9.59 Å². The van der Waals surface area contributed by atoms with Gasteiger partial charge in [0.2, 0.25) is 0 Å². The molecule has 1 aromatic carbocycles. The Hall–Kier alpha value is -2.96. The van der Waals surface area contributed by atoms with Crippen molar-refractivity contribution in [3.05, 3.63) is 82.5 Å². The first-order valence-electron chi connectivity index (χ1n) is 19.7. The average Bonchev–Trinajstić information content (AvgIpc) is 3.12. The second-order valence-electron chi connectivity index (χ2n) is 16.8. The lowest BCUT2D eigenvalue weighted by molar-refractivity contribution is -0.167. The van der Waals surface area contributed by atoms with Gasteiger partial charge in [-0.05, 0) is 146 Å². The number of hydrogen-bond acceptors (Lipinski definition) is 6. The molecule has 2 heterocycles. The second-order valence-corrected chi connectivity index (χ2v) is 16.8. The van der Waals surface area contributed by atoms with E-state index in [-0.39, 0.29) is 35.6 Å². The Balaban J connectivity index is 1.27. The zero-order valence-corrected chi connectivity index (χ0v) is 31.6. The fourth-order valence-electron chi connectivity index (χ4n) is 9.77. The van der Waals surface area contributed by atoms with Crippen LogP contribution in [0.2, 0.25) is 0 Å². The average molecular weight is 683 g/mol. The molecule has 272 valence electrons. The summed E-state index contributed by atoms with van der Waals surface area (Å²) in [5, 5.41) is 6.90. The molecule has 50 heavy (non-hydrogen) atoms. The summed E-state index contributed by atoms with van der Waals surface area (Å²) in [6.07, 6.45) is 17.7. The van der Waals surface area contributed by atoms with Crippen molar-refractivity contribution in [2.45, 2.75) is 116 Å². The van der Waals surface area contributed by atoms with Crippen LogP contribution in [-0.4, -0.2) is 49.3 Å². The maximum atomic E-state index is 14.5. The van der Waals surface area contributed by atoms with E-state index in [2.05, 4.69) is 88.6 Å². The Morgan fingerprint density at radius 2 is 1.38 bits per heavy atom. The number of esters is 2. The van der Waals surface area contributed by atoms with Gasteiger partial charge in [-0.15, -0.1) is 0 Å². The number of piperidine rings is 2. The second kappa shape index (κ2) is 15.7. The van der Waals surface area contributed by atoms with Crippen LogP contribution in [0.1, 0.15) is 111 Å². The number of allylic oxidation sites excluding steroid dienone is 6. The Bertz CT molecular complexity index is 1490. The van der Waals surface area contributed by atoms with Gasteiger partial charge < -0.3 is 20.1 Å². The van der Waals surface area contributed by atoms with Gasteiger partial charge in [-0.25, -0.2) is 0 Å². The van der Waals surface area contributed by atoms with Gasteiger partial charge in [0.25, 0.3) is 0 Å². The Labute approximate surface area is 301 Å². The van der Waals surface area contributed by atoms with E-state index in [0.717, 1.165) is 101 Å². The van der Waals surface area contributed by atoms with E-state index in [1.54, 1.807) is 0 Å². The molecule has 0 radical (unpaired) electrons. The molecule has 3 aliphatic carbocycles. The molecule has 2 fully saturated rings. The van der Waals surface area contributed by atoms with Crippen molar-refractivity contribution in [2.24, 2.45) is 35.5 Å². The fourth-order valence-corrected chi connectivity index (χ4v) is 9.77. The SMILES string of the molecule is CC1C=C(C(C(=O)OC(C)(C)C2CCNCC2)C2=CCCC=C2)C(C)C2=C1CCC(C(C(=O)OC(C)(C)C1CCNCC1)c1ccccc1)C2. The van der Waals surface area contributed by atoms with Gasteiger partial charge in [-0.1, -0.05) is 79.6 Å². The minimum absolute atomic E-state index is 0.0818. The number of rotatable bonds is 10. The normalized spacial score (nSPS) is 26.7. The monoisotopic (exact) mass is 682 g/mol. The molecule has 0 amide bonds. The van der Waals surface area contributed by atoms with Crippen molar-refractivity contribution < 1.29 is 19.1 Å². The molecule has 0 saturated carbocycles. The first-order chi connectivity index (χ1) is 24.0. The number of benzene rings is 1. The first kappa shape index (κ1) is 36.8. The lowest BCUT2D eigenvalue weighted by Gasteiger charge is -2.43. The summed E-state index contributed by atoms with van der Waals surface area (Å²) >= 11 is 0. The van der Waals surface area contributed by atoms with Crippen LogP contribution in [0.4, 0.5) is 0 Å². The quantitative estimate of drug-likeness (QED) is 0.190. The van der Waals surface area contributed by atoms with Crippen LogP contribution in [0, 0.1) is 35.5 Å². The third kappa shape index (κ3) is 8.07. The van der Waals surface area contributed by atoms with E-state index in [1.807, 2.05) is 18.2 Å². The van der Waals surface area contributed by atoms with Crippen LogP contribution < -0.4 is 10.6 Å². The van der Waals surface area contributed by atoms with Crippen molar-refractivity contribution in [1.82, 2.24) is 10.6 Å². The molecule has 2 N–H and O–H groups in total. The molecule has 5 atom stereocenters. The molecule has 0 bridgehead atoms. The molecule has 5 unspecified atom stereocenters. The van der Waals surface area contributed by atoms with Crippen LogP contribution in [0.15, 0.2) is 76.9 Å². The lowest BCUT2D eigenvalue weighted by Crippen LogP contribution is -2.44. The molecule has 0 spiro atoms. The molecule has 1 aromatic rings. The van der Waals surface area contributed by atoms with E-state index in [4.69, 9.17) is 9.47 Å². The highest BCUT2D eigenvalue weighted by Crippen LogP contribution is 2.50. The Morgan fingerprint density at radius 1 is 0.780 bits per heavy atom. The van der Waals surface area contributed by atoms with Gasteiger partial charge >= 0.3 is 11.9 Å². The molecule has 6 rings (SSSR count). The standard InChI is InChI=1S/C44H62N2O4/c1-29-27-38(40(32-15-11-8-12-16-32)42(48)50-44(5,6)35-21-25-46-26-22-35)30(2)37-28-33(17-18-36(29)37)39(31-13-9-7-10-14-31)41(47)49-43(3,4)34-19-23-45-24-20-34/h7,9-11,13-16,27,29-30,33-35,39-40,45-46H,8,12,17-26,28H2,1-6H3. The number of ether oxygens (including phenoxy) is 2. The van der Waals surface area contributed by atoms with Crippen LogP contribution in [0.25, 0.3) is 0 Å². The maximum absolute atomic E-state index is 14.5. The third-order valence-electron chi connectivity index (χ3n) is 12.9. The predicted molar refractivity (Wildman–Crippen MR) is 201 cm³/mol. The molecule has 6 heteroatoms. The van der Waals surface area contributed by atoms with Crippen molar-refractivity contribution in [3.63, 3.8) is 0 Å². The Morgan fingerprint density at radius 3 is 1.96 bits per heavy atom. The highest BCUT2D eigenvalue weighted by Gasteiger charge is 2.44. The minimum Gasteiger partial charge on any atom is -0.459 e. The number of hydrogen-bond donors (Lipinski definition) is 2. The van der Waals surface area contributed by atoms with Crippen molar-refractivity contribution in [1.29, 1.82) is 0 Å². The summed E-state index contributed by atoms with van der Waals surface area (Å²) in [6, 6.07) is 10.3. The van der Waals surface area contributed by atoms with Crippen LogP contribution in [-0.2, 0) is 19.1 Å². The maximum Gasteiger partial charge on any atom is 0.318 e. The van der Waals surface area contributed by atoms with E-state index in [1.165, 1.54) is 11.1 Å². The van der Waals surface area contributed by atoms with E-state index < -0.39 is 17.1 Å². The van der Waals surface area contributed by atoms with Gasteiger partial charge in [0.1, 0.15) is 17.1 Å². The molecular formula is C44H62N2O4. The lowest BCUT2D eigenvalue weighted by atomic mass is 9.64. The van der Waals surface area contributed by atoms with Gasteiger partial charge in [0, 0.05) is 11.8 Å². The highest BCUT2D eigenvalue weighted by atomic mass is 16.6. The van der Waals surface area contributed by atoms with Gasteiger partial charge in [0.15, 0.2) is 0 Å².